The predicted octanol–water partition coefficient (Wildman–Crippen LogP) is 3.42. The van der Waals surface area contributed by atoms with Crippen LogP contribution in [0, 0.1) is 6.92 Å². The van der Waals surface area contributed by atoms with E-state index in [1.165, 1.54) is 29.0 Å². The highest BCUT2D eigenvalue weighted by Gasteiger charge is 2.07. The van der Waals surface area contributed by atoms with Gasteiger partial charge >= 0.3 is 0 Å². The lowest BCUT2D eigenvalue weighted by Crippen LogP contribution is -2.22. The van der Waals surface area contributed by atoms with Crippen LogP contribution < -0.4 is 10.3 Å². The van der Waals surface area contributed by atoms with E-state index < -0.39 is 6.36 Å². The van der Waals surface area contributed by atoms with Crippen LogP contribution in [0.1, 0.15) is 17.6 Å². The van der Waals surface area contributed by atoms with Crippen molar-refractivity contribution in [2.45, 2.75) is 26.7 Å². The van der Waals surface area contributed by atoms with Crippen LogP contribution in [0.3, 0.4) is 0 Å². The summed E-state index contributed by atoms with van der Waals surface area (Å²) in [6, 6.07) is 10.1. The number of rotatable bonds is 5. The lowest BCUT2D eigenvalue weighted by molar-refractivity contribution is 0.0861. The van der Waals surface area contributed by atoms with Crippen LogP contribution in [-0.2, 0) is 6.54 Å². The first-order valence-corrected chi connectivity index (χ1v) is 8.29. The first-order chi connectivity index (χ1) is 11.5. The topological polar surface area (TPSA) is 57.0 Å². The molecule has 1 aromatic carbocycles. The van der Waals surface area contributed by atoms with Gasteiger partial charge in [-0.3, -0.25) is 4.79 Å². The molecule has 124 valence electrons. The summed E-state index contributed by atoms with van der Waals surface area (Å²) in [5.74, 6) is 0.445. The second-order valence-electron chi connectivity index (χ2n) is 5.28. The fourth-order valence-corrected chi connectivity index (χ4v) is 2.96. The summed E-state index contributed by atoms with van der Waals surface area (Å²) < 4.78 is 19.2. The van der Waals surface area contributed by atoms with E-state index >= 15 is 0 Å². The Bertz CT molecular complexity index is 887. The number of alkyl halides is 1. The molecule has 0 aliphatic carbocycles. The highest BCUT2D eigenvalue weighted by molar-refractivity contribution is 7.09. The summed E-state index contributed by atoms with van der Waals surface area (Å²) in [7, 11) is 0. The highest BCUT2D eigenvalue weighted by Crippen LogP contribution is 2.21. The Morgan fingerprint density at radius 2 is 2.00 bits per heavy atom. The van der Waals surface area contributed by atoms with Gasteiger partial charge in [0, 0.05) is 29.6 Å². The molecule has 0 aliphatic heterocycles. The highest BCUT2D eigenvalue weighted by atomic mass is 32.1. The third kappa shape index (κ3) is 3.86. The summed E-state index contributed by atoms with van der Waals surface area (Å²) in [6.07, 6.45) is -1.36. The zero-order valence-corrected chi connectivity index (χ0v) is 14.1. The lowest BCUT2D eigenvalue weighted by atomic mass is 10.1. The second-order valence-corrected chi connectivity index (χ2v) is 6.22. The third-order valence-corrected chi connectivity index (χ3v) is 4.22. The van der Waals surface area contributed by atoms with Gasteiger partial charge in [0.05, 0.1) is 12.2 Å². The van der Waals surface area contributed by atoms with E-state index in [4.69, 9.17) is 4.74 Å². The van der Waals surface area contributed by atoms with Crippen molar-refractivity contribution < 1.29 is 9.13 Å². The van der Waals surface area contributed by atoms with Crippen molar-refractivity contribution in [3.63, 3.8) is 0 Å². The number of hydrogen-bond donors (Lipinski definition) is 0. The molecule has 0 N–H and O–H groups in total. The number of aromatic nitrogens is 3. The number of nitrogens with zero attached hydrogens (tertiary/aromatic N) is 3. The largest absolute Gasteiger partial charge is 0.461 e. The number of benzene rings is 1. The van der Waals surface area contributed by atoms with E-state index in [0.717, 1.165) is 16.3 Å². The molecule has 5 nitrogen and oxygen atoms in total. The number of thiazole rings is 1. The maximum Gasteiger partial charge on any atom is 0.267 e. The van der Waals surface area contributed by atoms with Gasteiger partial charge < -0.3 is 4.74 Å². The Morgan fingerprint density at radius 3 is 2.62 bits per heavy atom. The normalized spacial score (nSPS) is 12.1. The van der Waals surface area contributed by atoms with Gasteiger partial charge in [0.2, 0.25) is 6.36 Å². The molecule has 0 saturated heterocycles. The summed E-state index contributed by atoms with van der Waals surface area (Å²) >= 11 is 1.50. The average Bonchev–Trinajstić information content (AvgIpc) is 2.95. The monoisotopic (exact) mass is 345 g/mol. The van der Waals surface area contributed by atoms with Crippen LogP contribution in [0.25, 0.3) is 11.3 Å². The molecule has 0 aliphatic rings. The van der Waals surface area contributed by atoms with E-state index in [-0.39, 0.29) is 5.56 Å². The molecule has 0 saturated carbocycles. The SMILES string of the molecule is Cc1csc(Cn2nc(-c3ccc(OC(C)F)cc3)ccc2=O)n1. The van der Waals surface area contributed by atoms with Crippen LogP contribution in [0.5, 0.6) is 5.75 Å². The minimum absolute atomic E-state index is 0.183. The van der Waals surface area contributed by atoms with E-state index in [0.29, 0.717) is 18.0 Å². The Hall–Kier alpha value is -2.54. The van der Waals surface area contributed by atoms with Crippen LogP contribution in [0.2, 0.25) is 0 Å². The van der Waals surface area contributed by atoms with E-state index in [9.17, 15) is 9.18 Å². The first-order valence-electron chi connectivity index (χ1n) is 7.41. The number of ether oxygens (including phenoxy) is 1. The number of aryl methyl sites for hydroxylation is 1. The molecule has 2 aromatic heterocycles. The molecular formula is C17H16FN3O2S. The van der Waals surface area contributed by atoms with Crippen molar-refractivity contribution in [2.24, 2.45) is 0 Å². The van der Waals surface area contributed by atoms with Crippen LogP contribution in [0.15, 0.2) is 46.6 Å². The van der Waals surface area contributed by atoms with Gasteiger partial charge in [-0.15, -0.1) is 11.3 Å². The third-order valence-electron chi connectivity index (χ3n) is 3.27. The van der Waals surface area contributed by atoms with Gasteiger partial charge in [-0.25, -0.2) is 14.1 Å². The van der Waals surface area contributed by atoms with Crippen molar-refractivity contribution in [1.82, 2.24) is 14.8 Å². The minimum atomic E-state index is -1.36. The Kier molecular flexibility index (Phi) is 4.71. The standard InChI is InChI=1S/C17H16FN3O2S/c1-11-10-24-16(19-11)9-21-17(22)8-7-15(20-21)13-3-5-14(6-4-13)23-12(2)18/h3-8,10,12H,9H2,1-2H3. The van der Waals surface area contributed by atoms with Crippen molar-refractivity contribution in [1.29, 1.82) is 0 Å². The molecule has 1 atom stereocenters. The van der Waals surface area contributed by atoms with Crippen molar-refractivity contribution in [3.8, 4) is 17.0 Å². The van der Waals surface area contributed by atoms with Crippen molar-refractivity contribution in [3.05, 3.63) is 62.8 Å². The van der Waals surface area contributed by atoms with Gasteiger partial charge in [0.25, 0.3) is 5.56 Å². The molecule has 24 heavy (non-hydrogen) atoms. The number of hydrogen-bond acceptors (Lipinski definition) is 5. The molecule has 2 heterocycles. The van der Waals surface area contributed by atoms with Crippen LogP contribution >= 0.6 is 11.3 Å². The molecule has 7 heteroatoms. The maximum absolute atomic E-state index is 12.8. The van der Waals surface area contributed by atoms with Gasteiger partial charge in [-0.1, -0.05) is 0 Å². The average molecular weight is 345 g/mol. The van der Waals surface area contributed by atoms with Gasteiger partial charge in [0.15, 0.2) is 0 Å². The quantitative estimate of drug-likeness (QED) is 0.711. The fourth-order valence-electron chi connectivity index (χ4n) is 2.21. The minimum Gasteiger partial charge on any atom is -0.461 e. The summed E-state index contributed by atoms with van der Waals surface area (Å²) in [4.78, 5) is 16.4. The Balaban J connectivity index is 1.86. The van der Waals surface area contributed by atoms with E-state index in [2.05, 4.69) is 10.1 Å². The second kappa shape index (κ2) is 6.92. The lowest BCUT2D eigenvalue weighted by Gasteiger charge is -2.08. The molecule has 0 fully saturated rings. The van der Waals surface area contributed by atoms with Gasteiger partial charge in [0.1, 0.15) is 10.8 Å². The fraction of sp³-hybridized carbons (Fsp3) is 0.235. The van der Waals surface area contributed by atoms with Crippen molar-refractivity contribution in [2.75, 3.05) is 0 Å². The smallest absolute Gasteiger partial charge is 0.267 e. The first kappa shape index (κ1) is 16.3. The molecule has 1 unspecified atom stereocenters. The molecule has 3 rings (SSSR count). The van der Waals surface area contributed by atoms with Gasteiger partial charge in [-0.2, -0.15) is 5.10 Å². The Morgan fingerprint density at radius 1 is 1.25 bits per heavy atom. The number of halogens is 1. The molecule has 0 amide bonds. The predicted molar refractivity (Wildman–Crippen MR) is 91.1 cm³/mol. The van der Waals surface area contributed by atoms with Gasteiger partial charge in [-0.05, 0) is 37.3 Å². The molecule has 0 radical (unpaired) electrons. The van der Waals surface area contributed by atoms with Crippen LogP contribution in [0.4, 0.5) is 4.39 Å². The molecule has 0 bridgehead atoms. The zero-order valence-electron chi connectivity index (χ0n) is 13.3. The summed E-state index contributed by atoms with van der Waals surface area (Å²) in [5, 5.41) is 7.17. The molecule has 0 spiro atoms. The zero-order chi connectivity index (χ0) is 17.1. The summed E-state index contributed by atoms with van der Waals surface area (Å²) in [5.41, 5.74) is 2.22. The Labute approximate surface area is 142 Å². The maximum atomic E-state index is 12.8. The van der Waals surface area contributed by atoms with Crippen LogP contribution in [-0.4, -0.2) is 21.1 Å². The summed E-state index contributed by atoms with van der Waals surface area (Å²) in [6.45, 7) is 3.58. The van der Waals surface area contributed by atoms with Crippen molar-refractivity contribution >= 4 is 11.3 Å². The van der Waals surface area contributed by atoms with E-state index in [1.54, 1.807) is 30.3 Å². The molecular weight excluding hydrogens is 329 g/mol. The molecule has 3 aromatic rings. The van der Waals surface area contributed by atoms with E-state index in [1.807, 2.05) is 12.3 Å².